The number of benzene rings is 1. The van der Waals surface area contributed by atoms with Crippen molar-refractivity contribution in [1.29, 1.82) is 0 Å². The quantitative estimate of drug-likeness (QED) is 0.882. The van der Waals surface area contributed by atoms with E-state index in [9.17, 15) is 4.79 Å². The van der Waals surface area contributed by atoms with E-state index in [1.807, 2.05) is 6.07 Å². The van der Waals surface area contributed by atoms with Crippen molar-refractivity contribution >= 4 is 17.6 Å². The maximum absolute atomic E-state index is 10.5. The molecule has 2 aromatic rings. The number of hydrogen-bond acceptors (Lipinski definition) is 3. The van der Waals surface area contributed by atoms with Gasteiger partial charge in [0.05, 0.1) is 0 Å². The van der Waals surface area contributed by atoms with Crippen LogP contribution in [-0.2, 0) is 11.3 Å². The van der Waals surface area contributed by atoms with Crippen molar-refractivity contribution in [2.75, 3.05) is 0 Å². The van der Waals surface area contributed by atoms with Crippen LogP contribution in [0.2, 0.25) is 5.02 Å². The van der Waals surface area contributed by atoms with Gasteiger partial charge in [-0.05, 0) is 12.1 Å². The highest BCUT2D eigenvalue weighted by molar-refractivity contribution is 6.30. The van der Waals surface area contributed by atoms with Gasteiger partial charge in [0.15, 0.2) is 5.82 Å². The lowest BCUT2D eigenvalue weighted by atomic mass is 10.2. The zero-order valence-corrected chi connectivity index (χ0v) is 8.92. The van der Waals surface area contributed by atoms with Crippen LogP contribution in [0.15, 0.2) is 30.6 Å². The molecule has 0 spiro atoms. The first-order valence-corrected chi connectivity index (χ1v) is 4.90. The summed E-state index contributed by atoms with van der Waals surface area (Å²) in [6.07, 6.45) is 1.38. The minimum Gasteiger partial charge on any atom is -0.480 e. The molecule has 0 aliphatic heterocycles. The number of aliphatic carboxylic acids is 1. The highest BCUT2D eigenvalue weighted by atomic mass is 35.5. The molecule has 1 aromatic carbocycles. The Morgan fingerprint density at radius 1 is 1.50 bits per heavy atom. The molecule has 2 rings (SSSR count). The van der Waals surface area contributed by atoms with Crippen molar-refractivity contribution < 1.29 is 9.90 Å². The van der Waals surface area contributed by atoms with E-state index in [0.717, 1.165) is 5.56 Å². The fourth-order valence-electron chi connectivity index (χ4n) is 1.27. The van der Waals surface area contributed by atoms with E-state index in [4.69, 9.17) is 16.7 Å². The van der Waals surface area contributed by atoms with Gasteiger partial charge in [0.25, 0.3) is 0 Å². The summed E-state index contributed by atoms with van der Waals surface area (Å²) < 4.78 is 1.26. The van der Waals surface area contributed by atoms with Gasteiger partial charge in [-0.25, -0.2) is 9.67 Å². The monoisotopic (exact) mass is 237 g/mol. The molecule has 0 bridgehead atoms. The van der Waals surface area contributed by atoms with Crippen LogP contribution in [0, 0.1) is 0 Å². The Hall–Kier alpha value is -1.88. The average molecular weight is 238 g/mol. The van der Waals surface area contributed by atoms with E-state index in [1.54, 1.807) is 18.2 Å². The zero-order chi connectivity index (χ0) is 11.5. The van der Waals surface area contributed by atoms with Crippen LogP contribution >= 0.6 is 11.6 Å². The van der Waals surface area contributed by atoms with E-state index in [-0.39, 0.29) is 6.54 Å². The molecule has 0 unspecified atom stereocenters. The first kappa shape index (κ1) is 10.6. The molecule has 0 saturated heterocycles. The fraction of sp³-hybridized carbons (Fsp3) is 0.100. The van der Waals surface area contributed by atoms with Crippen molar-refractivity contribution in [3.05, 3.63) is 35.6 Å². The summed E-state index contributed by atoms with van der Waals surface area (Å²) in [7, 11) is 0. The van der Waals surface area contributed by atoms with Gasteiger partial charge in [-0.2, -0.15) is 5.10 Å². The van der Waals surface area contributed by atoms with Gasteiger partial charge in [0.1, 0.15) is 12.9 Å². The van der Waals surface area contributed by atoms with Gasteiger partial charge in [-0.3, -0.25) is 4.79 Å². The lowest BCUT2D eigenvalue weighted by Crippen LogP contribution is -2.08. The molecule has 0 fully saturated rings. The predicted molar refractivity (Wildman–Crippen MR) is 58.1 cm³/mol. The highest BCUT2D eigenvalue weighted by Gasteiger charge is 2.06. The number of carboxylic acids is 1. The summed E-state index contributed by atoms with van der Waals surface area (Å²) in [5, 5.41) is 13.2. The fourth-order valence-corrected chi connectivity index (χ4v) is 1.46. The summed E-state index contributed by atoms with van der Waals surface area (Å²) in [5.41, 5.74) is 0.761. The van der Waals surface area contributed by atoms with Crippen LogP contribution in [0.3, 0.4) is 0 Å². The first-order valence-electron chi connectivity index (χ1n) is 4.52. The lowest BCUT2D eigenvalue weighted by Gasteiger charge is -1.96. The Morgan fingerprint density at radius 2 is 2.31 bits per heavy atom. The third-order valence-corrected chi connectivity index (χ3v) is 2.15. The largest absolute Gasteiger partial charge is 0.480 e. The average Bonchev–Trinajstić information content (AvgIpc) is 2.65. The van der Waals surface area contributed by atoms with Gasteiger partial charge in [0, 0.05) is 10.6 Å². The summed E-state index contributed by atoms with van der Waals surface area (Å²) in [5.74, 6) is -0.494. The number of rotatable bonds is 3. The second-order valence-corrected chi connectivity index (χ2v) is 3.61. The van der Waals surface area contributed by atoms with Crippen LogP contribution in [0.1, 0.15) is 0 Å². The minimum atomic E-state index is -0.956. The molecular formula is C10H8ClN3O2. The molecule has 16 heavy (non-hydrogen) atoms. The first-order chi connectivity index (χ1) is 7.65. The molecule has 1 heterocycles. The van der Waals surface area contributed by atoms with Crippen LogP contribution < -0.4 is 0 Å². The number of halogens is 1. The van der Waals surface area contributed by atoms with Gasteiger partial charge < -0.3 is 5.11 Å². The molecule has 5 nitrogen and oxygen atoms in total. The molecule has 0 atom stereocenters. The summed E-state index contributed by atoms with van der Waals surface area (Å²) in [6, 6.07) is 7.07. The van der Waals surface area contributed by atoms with E-state index >= 15 is 0 Å². The Morgan fingerprint density at radius 3 is 3.00 bits per heavy atom. The van der Waals surface area contributed by atoms with Gasteiger partial charge >= 0.3 is 5.97 Å². The van der Waals surface area contributed by atoms with E-state index in [1.165, 1.54) is 11.0 Å². The van der Waals surface area contributed by atoms with Gasteiger partial charge in [0.2, 0.25) is 0 Å². The van der Waals surface area contributed by atoms with Crippen LogP contribution in [0.4, 0.5) is 0 Å². The molecule has 0 amide bonds. The Kier molecular flexibility index (Phi) is 2.87. The molecule has 1 aromatic heterocycles. The predicted octanol–water partition coefficient (Wildman–Crippen LogP) is 1.68. The molecule has 1 N–H and O–H groups in total. The van der Waals surface area contributed by atoms with Crippen LogP contribution in [-0.4, -0.2) is 25.8 Å². The van der Waals surface area contributed by atoms with E-state index in [0.29, 0.717) is 10.8 Å². The summed E-state index contributed by atoms with van der Waals surface area (Å²) in [4.78, 5) is 14.5. The second kappa shape index (κ2) is 4.32. The van der Waals surface area contributed by atoms with E-state index in [2.05, 4.69) is 10.1 Å². The molecule has 0 aliphatic carbocycles. The minimum absolute atomic E-state index is 0.201. The third-order valence-electron chi connectivity index (χ3n) is 1.92. The Labute approximate surface area is 96.3 Å². The molecule has 0 saturated carbocycles. The normalized spacial score (nSPS) is 10.3. The van der Waals surface area contributed by atoms with Gasteiger partial charge in [-0.1, -0.05) is 23.7 Å². The third kappa shape index (κ3) is 2.38. The number of nitrogens with zero attached hydrogens (tertiary/aromatic N) is 3. The molecule has 6 heteroatoms. The SMILES string of the molecule is O=C(O)Cn1cnc(-c2cccc(Cl)c2)n1. The van der Waals surface area contributed by atoms with Crippen molar-refractivity contribution in [3.63, 3.8) is 0 Å². The summed E-state index contributed by atoms with van der Waals surface area (Å²) in [6.45, 7) is -0.201. The van der Waals surface area contributed by atoms with Crippen molar-refractivity contribution in [1.82, 2.24) is 14.8 Å². The number of hydrogen-bond donors (Lipinski definition) is 1. The maximum Gasteiger partial charge on any atom is 0.325 e. The standard InChI is InChI=1S/C10H8ClN3O2/c11-8-3-1-2-7(4-8)10-12-6-14(13-10)5-9(15)16/h1-4,6H,5H2,(H,15,16). The number of aromatic nitrogens is 3. The number of carboxylic acid groups (broad SMARTS) is 1. The van der Waals surface area contributed by atoms with Crippen molar-refractivity contribution in [3.8, 4) is 11.4 Å². The van der Waals surface area contributed by atoms with Crippen LogP contribution in [0.5, 0.6) is 0 Å². The molecule has 0 radical (unpaired) electrons. The highest BCUT2D eigenvalue weighted by Crippen LogP contribution is 2.18. The van der Waals surface area contributed by atoms with Gasteiger partial charge in [-0.15, -0.1) is 0 Å². The molecule has 82 valence electrons. The summed E-state index contributed by atoms with van der Waals surface area (Å²) >= 11 is 5.83. The van der Waals surface area contributed by atoms with E-state index < -0.39 is 5.97 Å². The maximum atomic E-state index is 10.5. The van der Waals surface area contributed by atoms with Crippen LogP contribution in [0.25, 0.3) is 11.4 Å². The molecule has 0 aliphatic rings. The topological polar surface area (TPSA) is 68.0 Å². The lowest BCUT2D eigenvalue weighted by molar-refractivity contribution is -0.137. The Bertz CT molecular complexity index is 524. The second-order valence-electron chi connectivity index (χ2n) is 3.17. The molecular weight excluding hydrogens is 230 g/mol. The smallest absolute Gasteiger partial charge is 0.325 e. The van der Waals surface area contributed by atoms with Crippen molar-refractivity contribution in [2.45, 2.75) is 6.54 Å². The Balaban J connectivity index is 2.28. The zero-order valence-electron chi connectivity index (χ0n) is 8.17. The van der Waals surface area contributed by atoms with Crippen molar-refractivity contribution in [2.24, 2.45) is 0 Å². The number of carbonyl (C=O) groups is 1.